The van der Waals surface area contributed by atoms with E-state index in [0.29, 0.717) is 5.56 Å². The Kier molecular flexibility index (Phi) is 4.34. The van der Waals surface area contributed by atoms with Gasteiger partial charge in [-0.3, -0.25) is 4.79 Å². The summed E-state index contributed by atoms with van der Waals surface area (Å²) in [4.78, 5) is 16.2. The number of nitrogens with zero attached hydrogens (tertiary/aromatic N) is 2. The fraction of sp³-hybridized carbons (Fsp3) is 0.0526. The van der Waals surface area contributed by atoms with Gasteiger partial charge in [0.25, 0.3) is 0 Å². The zero-order chi connectivity index (χ0) is 16.1. The molecule has 3 rings (SSSR count). The summed E-state index contributed by atoms with van der Waals surface area (Å²) >= 11 is 0. The molecule has 1 heterocycles. The standard InChI is InChI=1S/C19H16N2O2/c1-23-18-9-2-15(3-10-18)4-11-19(22)16-5-7-17(8-6-16)21-13-12-20-14-21/h2-14H,1H3/b11-4+. The zero-order valence-electron chi connectivity index (χ0n) is 12.7. The van der Waals surface area contributed by atoms with E-state index < -0.39 is 0 Å². The van der Waals surface area contributed by atoms with E-state index >= 15 is 0 Å². The van der Waals surface area contributed by atoms with Crippen molar-refractivity contribution in [3.63, 3.8) is 0 Å². The Balaban J connectivity index is 1.71. The number of carbonyl (C=O) groups excluding carboxylic acids is 1. The summed E-state index contributed by atoms with van der Waals surface area (Å²) in [5, 5.41) is 0. The summed E-state index contributed by atoms with van der Waals surface area (Å²) < 4.78 is 7.00. The number of ether oxygens (including phenoxy) is 1. The molecule has 114 valence electrons. The predicted octanol–water partition coefficient (Wildman–Crippen LogP) is 3.78. The highest BCUT2D eigenvalue weighted by Gasteiger charge is 2.02. The summed E-state index contributed by atoms with van der Waals surface area (Å²) in [5.41, 5.74) is 2.57. The van der Waals surface area contributed by atoms with E-state index in [2.05, 4.69) is 4.98 Å². The lowest BCUT2D eigenvalue weighted by atomic mass is 10.1. The molecule has 0 saturated heterocycles. The van der Waals surface area contributed by atoms with Crippen molar-refractivity contribution < 1.29 is 9.53 Å². The summed E-state index contributed by atoms with van der Waals surface area (Å²) in [6, 6.07) is 15.0. The van der Waals surface area contributed by atoms with Crippen LogP contribution in [0, 0.1) is 0 Å². The quantitative estimate of drug-likeness (QED) is 0.532. The third-order valence-electron chi connectivity index (χ3n) is 3.50. The Hall–Kier alpha value is -3.14. The first-order valence-electron chi connectivity index (χ1n) is 7.21. The smallest absolute Gasteiger partial charge is 0.185 e. The van der Waals surface area contributed by atoms with E-state index in [1.807, 2.05) is 59.3 Å². The van der Waals surface area contributed by atoms with Gasteiger partial charge in [-0.1, -0.05) is 18.2 Å². The third-order valence-corrected chi connectivity index (χ3v) is 3.50. The number of hydrogen-bond donors (Lipinski definition) is 0. The second kappa shape index (κ2) is 6.75. The van der Waals surface area contributed by atoms with Crippen molar-refractivity contribution in [2.75, 3.05) is 7.11 Å². The van der Waals surface area contributed by atoms with Gasteiger partial charge in [-0.15, -0.1) is 0 Å². The molecule has 0 saturated carbocycles. The lowest BCUT2D eigenvalue weighted by molar-refractivity contribution is 0.104. The van der Waals surface area contributed by atoms with Crippen molar-refractivity contribution in [1.29, 1.82) is 0 Å². The van der Waals surface area contributed by atoms with Crippen molar-refractivity contribution >= 4 is 11.9 Å². The van der Waals surface area contributed by atoms with Gasteiger partial charge >= 0.3 is 0 Å². The van der Waals surface area contributed by atoms with E-state index in [1.165, 1.54) is 0 Å². The lowest BCUT2D eigenvalue weighted by Gasteiger charge is -2.02. The van der Waals surface area contributed by atoms with Crippen LogP contribution in [-0.2, 0) is 0 Å². The monoisotopic (exact) mass is 304 g/mol. The topological polar surface area (TPSA) is 44.1 Å². The molecule has 0 aliphatic heterocycles. The van der Waals surface area contributed by atoms with E-state index in [4.69, 9.17) is 4.74 Å². The molecule has 0 fully saturated rings. The molecule has 0 atom stereocenters. The van der Waals surface area contributed by atoms with E-state index in [0.717, 1.165) is 17.0 Å². The average Bonchev–Trinajstić information content (AvgIpc) is 3.15. The van der Waals surface area contributed by atoms with Crippen LogP contribution in [0.5, 0.6) is 5.75 Å². The van der Waals surface area contributed by atoms with Gasteiger partial charge in [0.2, 0.25) is 0 Å². The van der Waals surface area contributed by atoms with Crippen LogP contribution in [-0.4, -0.2) is 22.4 Å². The van der Waals surface area contributed by atoms with Crippen molar-refractivity contribution in [3.05, 3.63) is 84.5 Å². The van der Waals surface area contributed by atoms with Gasteiger partial charge in [0, 0.05) is 23.6 Å². The van der Waals surface area contributed by atoms with Crippen LogP contribution in [0.4, 0.5) is 0 Å². The van der Waals surface area contributed by atoms with Crippen LogP contribution >= 0.6 is 0 Å². The molecule has 0 radical (unpaired) electrons. The molecule has 0 unspecified atom stereocenters. The van der Waals surface area contributed by atoms with Gasteiger partial charge in [-0.25, -0.2) is 4.98 Å². The summed E-state index contributed by atoms with van der Waals surface area (Å²) in [5.74, 6) is 0.765. The SMILES string of the molecule is COc1ccc(/C=C/C(=O)c2ccc(-n3ccnc3)cc2)cc1. The number of aromatic nitrogens is 2. The lowest BCUT2D eigenvalue weighted by Crippen LogP contribution is -1.96. The summed E-state index contributed by atoms with van der Waals surface area (Å²) in [7, 11) is 1.63. The fourth-order valence-corrected chi connectivity index (χ4v) is 2.19. The number of imidazole rings is 1. The molecule has 0 spiro atoms. The molecule has 1 aromatic heterocycles. The number of rotatable bonds is 5. The number of methoxy groups -OCH3 is 1. The highest BCUT2D eigenvalue weighted by atomic mass is 16.5. The Morgan fingerprint density at radius 3 is 2.43 bits per heavy atom. The minimum atomic E-state index is -0.0296. The minimum Gasteiger partial charge on any atom is -0.497 e. The molecule has 0 N–H and O–H groups in total. The normalized spacial score (nSPS) is 10.8. The van der Waals surface area contributed by atoms with Crippen molar-refractivity contribution in [3.8, 4) is 11.4 Å². The number of carbonyl (C=O) groups is 1. The molecule has 3 aromatic rings. The Labute approximate surface area is 134 Å². The van der Waals surface area contributed by atoms with Crippen molar-refractivity contribution in [1.82, 2.24) is 9.55 Å². The maximum atomic E-state index is 12.2. The second-order valence-electron chi connectivity index (χ2n) is 4.99. The molecule has 4 nitrogen and oxygen atoms in total. The van der Waals surface area contributed by atoms with E-state index in [1.54, 1.807) is 31.8 Å². The van der Waals surface area contributed by atoms with Gasteiger partial charge in [0.15, 0.2) is 5.78 Å². The molecule has 23 heavy (non-hydrogen) atoms. The predicted molar refractivity (Wildman–Crippen MR) is 89.9 cm³/mol. The van der Waals surface area contributed by atoms with Crippen LogP contribution in [0.1, 0.15) is 15.9 Å². The van der Waals surface area contributed by atoms with Crippen LogP contribution in [0.3, 0.4) is 0 Å². The number of hydrogen-bond acceptors (Lipinski definition) is 3. The van der Waals surface area contributed by atoms with Gasteiger partial charge < -0.3 is 9.30 Å². The number of ketones is 1. The molecule has 0 amide bonds. The maximum Gasteiger partial charge on any atom is 0.185 e. The van der Waals surface area contributed by atoms with Gasteiger partial charge in [0.1, 0.15) is 5.75 Å². The zero-order valence-corrected chi connectivity index (χ0v) is 12.7. The number of benzene rings is 2. The molecule has 2 aromatic carbocycles. The molecular formula is C19H16N2O2. The Bertz CT molecular complexity index is 802. The molecule has 0 aliphatic rings. The minimum absolute atomic E-state index is 0.0296. The summed E-state index contributed by atoms with van der Waals surface area (Å²) in [6.45, 7) is 0. The second-order valence-corrected chi connectivity index (χ2v) is 4.99. The first-order chi connectivity index (χ1) is 11.3. The van der Waals surface area contributed by atoms with Crippen LogP contribution in [0.15, 0.2) is 73.3 Å². The first-order valence-corrected chi connectivity index (χ1v) is 7.21. The molecule has 4 heteroatoms. The highest BCUT2D eigenvalue weighted by Crippen LogP contribution is 2.14. The van der Waals surface area contributed by atoms with Crippen LogP contribution in [0.2, 0.25) is 0 Å². The average molecular weight is 304 g/mol. The third kappa shape index (κ3) is 3.55. The fourth-order valence-electron chi connectivity index (χ4n) is 2.19. The van der Waals surface area contributed by atoms with Crippen molar-refractivity contribution in [2.45, 2.75) is 0 Å². The van der Waals surface area contributed by atoms with Gasteiger partial charge in [0.05, 0.1) is 13.4 Å². The van der Waals surface area contributed by atoms with E-state index in [9.17, 15) is 4.79 Å². The molecular weight excluding hydrogens is 288 g/mol. The largest absolute Gasteiger partial charge is 0.497 e. The number of allylic oxidation sites excluding steroid dienone is 1. The van der Waals surface area contributed by atoms with Crippen molar-refractivity contribution in [2.24, 2.45) is 0 Å². The Morgan fingerprint density at radius 1 is 1.09 bits per heavy atom. The molecule has 0 aliphatic carbocycles. The maximum absolute atomic E-state index is 12.2. The molecule has 0 bridgehead atoms. The Morgan fingerprint density at radius 2 is 1.83 bits per heavy atom. The van der Waals surface area contributed by atoms with Crippen LogP contribution in [0.25, 0.3) is 11.8 Å². The summed E-state index contributed by atoms with van der Waals surface area (Å²) in [6.07, 6.45) is 8.68. The van der Waals surface area contributed by atoms with Gasteiger partial charge in [-0.05, 0) is 48.0 Å². The van der Waals surface area contributed by atoms with E-state index in [-0.39, 0.29) is 5.78 Å². The first kappa shape index (κ1) is 14.8. The van der Waals surface area contributed by atoms with Gasteiger partial charge in [-0.2, -0.15) is 0 Å². The highest BCUT2D eigenvalue weighted by molar-refractivity contribution is 6.06. The van der Waals surface area contributed by atoms with Crippen LogP contribution < -0.4 is 4.74 Å².